The maximum absolute atomic E-state index is 11.3. The molecule has 0 saturated carbocycles. The highest BCUT2D eigenvalue weighted by Gasteiger charge is 2.28. The highest BCUT2D eigenvalue weighted by molar-refractivity contribution is 8.00. The van der Waals surface area contributed by atoms with Gasteiger partial charge in [-0.3, -0.25) is 9.78 Å². The molecule has 1 aliphatic rings. The lowest BCUT2D eigenvalue weighted by atomic mass is 10.3. The van der Waals surface area contributed by atoms with E-state index >= 15 is 0 Å². The van der Waals surface area contributed by atoms with E-state index in [2.05, 4.69) is 4.98 Å². The quantitative estimate of drug-likeness (QED) is 0.798. The molecule has 0 spiro atoms. The largest absolute Gasteiger partial charge is 0.478 e. The van der Waals surface area contributed by atoms with Gasteiger partial charge in [0, 0.05) is 23.7 Å². The van der Waals surface area contributed by atoms with Crippen LogP contribution in [-0.4, -0.2) is 33.9 Å². The van der Waals surface area contributed by atoms with Crippen LogP contribution in [0.1, 0.15) is 16.8 Å². The number of carboxylic acids is 1. The molecule has 5 nitrogen and oxygen atoms in total. The summed E-state index contributed by atoms with van der Waals surface area (Å²) in [7, 11) is 0. The molecule has 1 aromatic rings. The average molecular weight is 239 g/mol. The van der Waals surface area contributed by atoms with E-state index in [1.165, 1.54) is 24.2 Å². The average Bonchev–Trinajstić information content (AvgIpc) is 2.65. The minimum Gasteiger partial charge on any atom is -0.478 e. The molecule has 6 heteroatoms. The van der Waals surface area contributed by atoms with Crippen LogP contribution in [0.5, 0.6) is 0 Å². The van der Waals surface area contributed by atoms with Crippen LogP contribution in [0.2, 0.25) is 0 Å². The Balaban J connectivity index is 2.20. The van der Waals surface area contributed by atoms with Crippen molar-refractivity contribution in [1.82, 2.24) is 4.98 Å². The van der Waals surface area contributed by atoms with Gasteiger partial charge >= 0.3 is 11.9 Å². The lowest BCUT2D eigenvalue weighted by Gasteiger charge is -2.07. The Hall–Kier alpha value is -1.56. The van der Waals surface area contributed by atoms with Crippen LogP contribution in [0, 0.1) is 0 Å². The molecule has 2 rings (SSSR count). The van der Waals surface area contributed by atoms with Crippen LogP contribution in [0.3, 0.4) is 0 Å². The smallest absolute Gasteiger partial charge is 0.338 e. The van der Waals surface area contributed by atoms with Crippen LogP contribution < -0.4 is 0 Å². The fourth-order valence-corrected chi connectivity index (χ4v) is 2.47. The summed E-state index contributed by atoms with van der Waals surface area (Å²) in [6.07, 6.45) is 3.41. The summed E-state index contributed by atoms with van der Waals surface area (Å²) in [5.41, 5.74) is 0.118. The van der Waals surface area contributed by atoms with Crippen molar-refractivity contribution in [3.63, 3.8) is 0 Å². The van der Waals surface area contributed by atoms with Gasteiger partial charge in [-0.15, -0.1) is 11.8 Å². The number of nitrogens with zero attached hydrogens (tertiary/aromatic N) is 1. The van der Waals surface area contributed by atoms with E-state index in [0.29, 0.717) is 17.9 Å². The fraction of sp³-hybridized carbons (Fsp3) is 0.300. The number of esters is 1. The summed E-state index contributed by atoms with van der Waals surface area (Å²) in [6.45, 7) is 0.407. The van der Waals surface area contributed by atoms with Gasteiger partial charge in [0.05, 0.1) is 12.2 Å². The van der Waals surface area contributed by atoms with Crippen LogP contribution in [-0.2, 0) is 9.53 Å². The zero-order chi connectivity index (χ0) is 11.5. The van der Waals surface area contributed by atoms with Gasteiger partial charge in [0.1, 0.15) is 5.25 Å². The van der Waals surface area contributed by atoms with Gasteiger partial charge in [0.2, 0.25) is 0 Å². The van der Waals surface area contributed by atoms with Crippen LogP contribution in [0.25, 0.3) is 0 Å². The number of aromatic carboxylic acids is 1. The monoisotopic (exact) mass is 239 g/mol. The zero-order valence-electron chi connectivity index (χ0n) is 8.25. The van der Waals surface area contributed by atoms with Gasteiger partial charge in [-0.1, -0.05) is 0 Å². The molecule has 1 saturated heterocycles. The number of carboxylic acid groups (broad SMARTS) is 1. The third-order valence-electron chi connectivity index (χ3n) is 2.17. The SMILES string of the molecule is O=C(O)c1cnccc1SC1CCOC1=O. The molecule has 84 valence electrons. The van der Waals surface area contributed by atoms with E-state index in [0.717, 1.165) is 0 Å². The lowest BCUT2D eigenvalue weighted by Crippen LogP contribution is -2.10. The van der Waals surface area contributed by atoms with Crippen LogP contribution >= 0.6 is 11.8 Å². The fourth-order valence-electron chi connectivity index (χ4n) is 1.38. The molecule has 16 heavy (non-hydrogen) atoms. The Labute approximate surface area is 95.8 Å². The van der Waals surface area contributed by atoms with Crippen molar-refractivity contribution in [3.8, 4) is 0 Å². The second kappa shape index (κ2) is 4.52. The first kappa shape index (κ1) is 10.9. The van der Waals surface area contributed by atoms with Gasteiger partial charge in [-0.25, -0.2) is 4.79 Å². The molecule has 0 radical (unpaired) electrons. The second-order valence-corrected chi connectivity index (χ2v) is 4.48. The Bertz CT molecular complexity index is 435. The number of thioether (sulfide) groups is 1. The predicted octanol–water partition coefficient (Wildman–Crippen LogP) is 1.19. The number of aromatic nitrogens is 1. The second-order valence-electron chi connectivity index (χ2n) is 3.24. The van der Waals surface area contributed by atoms with Crippen molar-refractivity contribution in [1.29, 1.82) is 0 Å². The molecule has 1 aliphatic heterocycles. The first-order valence-electron chi connectivity index (χ1n) is 4.69. The number of carbonyl (C=O) groups is 2. The Kier molecular flexibility index (Phi) is 3.09. The van der Waals surface area contributed by atoms with Crippen molar-refractivity contribution in [2.24, 2.45) is 0 Å². The van der Waals surface area contributed by atoms with Crippen LogP contribution in [0.15, 0.2) is 23.4 Å². The predicted molar refractivity (Wildman–Crippen MR) is 56.4 cm³/mol. The molecular formula is C10H9NO4S. The maximum Gasteiger partial charge on any atom is 0.338 e. The Morgan fingerprint density at radius 1 is 1.62 bits per heavy atom. The molecule has 0 amide bonds. The molecule has 1 N–H and O–H groups in total. The number of hydrogen-bond donors (Lipinski definition) is 1. The summed E-state index contributed by atoms with van der Waals surface area (Å²) < 4.78 is 4.82. The molecule has 1 unspecified atom stereocenters. The minimum absolute atomic E-state index is 0.118. The van der Waals surface area contributed by atoms with E-state index in [9.17, 15) is 9.59 Å². The number of rotatable bonds is 3. The standard InChI is InChI=1S/C10H9NO4S/c12-9(13)6-5-11-3-1-7(6)16-8-2-4-15-10(8)14/h1,3,5,8H,2,4H2,(H,12,13). The topological polar surface area (TPSA) is 76.5 Å². The van der Waals surface area contributed by atoms with Gasteiger partial charge in [-0.2, -0.15) is 0 Å². The highest BCUT2D eigenvalue weighted by atomic mass is 32.2. The van der Waals surface area contributed by atoms with Crippen molar-refractivity contribution in [3.05, 3.63) is 24.0 Å². The first-order valence-corrected chi connectivity index (χ1v) is 5.57. The van der Waals surface area contributed by atoms with E-state index < -0.39 is 5.97 Å². The van der Waals surface area contributed by atoms with Gasteiger partial charge in [-0.05, 0) is 6.07 Å². The van der Waals surface area contributed by atoms with Gasteiger partial charge in [0.15, 0.2) is 0 Å². The number of ether oxygens (including phenoxy) is 1. The molecule has 2 heterocycles. The van der Waals surface area contributed by atoms with E-state index in [-0.39, 0.29) is 16.8 Å². The molecular weight excluding hydrogens is 230 g/mol. The Morgan fingerprint density at radius 3 is 3.06 bits per heavy atom. The third kappa shape index (κ3) is 2.16. The van der Waals surface area contributed by atoms with E-state index in [1.807, 2.05) is 0 Å². The lowest BCUT2D eigenvalue weighted by molar-refractivity contribution is -0.137. The zero-order valence-corrected chi connectivity index (χ0v) is 9.07. The van der Waals surface area contributed by atoms with Crippen molar-refractivity contribution in [2.45, 2.75) is 16.6 Å². The van der Waals surface area contributed by atoms with E-state index in [1.54, 1.807) is 6.07 Å². The molecule has 1 atom stereocenters. The summed E-state index contributed by atoms with van der Waals surface area (Å²) in [5, 5.41) is 8.63. The van der Waals surface area contributed by atoms with E-state index in [4.69, 9.17) is 9.84 Å². The molecule has 0 aromatic carbocycles. The number of carbonyl (C=O) groups excluding carboxylic acids is 1. The molecule has 1 aromatic heterocycles. The van der Waals surface area contributed by atoms with Gasteiger partial charge < -0.3 is 9.84 Å². The molecule has 1 fully saturated rings. The summed E-state index contributed by atoms with van der Waals surface area (Å²) in [5.74, 6) is -1.32. The molecule has 0 bridgehead atoms. The molecule has 0 aliphatic carbocycles. The summed E-state index contributed by atoms with van der Waals surface area (Å²) in [4.78, 5) is 26.5. The maximum atomic E-state index is 11.3. The van der Waals surface area contributed by atoms with Crippen molar-refractivity contribution in [2.75, 3.05) is 6.61 Å². The Morgan fingerprint density at radius 2 is 2.44 bits per heavy atom. The number of pyridine rings is 1. The first-order chi connectivity index (χ1) is 7.68. The normalized spacial score (nSPS) is 19.5. The van der Waals surface area contributed by atoms with Crippen molar-refractivity contribution < 1.29 is 19.4 Å². The summed E-state index contributed by atoms with van der Waals surface area (Å²) >= 11 is 1.22. The summed E-state index contributed by atoms with van der Waals surface area (Å²) in [6, 6.07) is 1.60. The number of cyclic esters (lactones) is 1. The number of hydrogen-bond acceptors (Lipinski definition) is 5. The highest BCUT2D eigenvalue weighted by Crippen LogP contribution is 2.31. The van der Waals surface area contributed by atoms with Gasteiger partial charge in [0.25, 0.3) is 0 Å². The third-order valence-corrected chi connectivity index (χ3v) is 3.49. The minimum atomic E-state index is -1.04. The van der Waals surface area contributed by atoms with Crippen LogP contribution in [0.4, 0.5) is 0 Å². The van der Waals surface area contributed by atoms with Crippen molar-refractivity contribution >= 4 is 23.7 Å².